The van der Waals surface area contributed by atoms with E-state index < -0.39 is 0 Å². The lowest BCUT2D eigenvalue weighted by molar-refractivity contribution is 0.687. The Bertz CT molecular complexity index is 544. The molecule has 1 N–H and O–H groups in total. The first kappa shape index (κ1) is 12.4. The van der Waals surface area contributed by atoms with Crippen LogP contribution in [0.25, 0.3) is 0 Å². The maximum Gasteiger partial charge on any atom is 0.0270 e. The summed E-state index contributed by atoms with van der Waals surface area (Å²) in [7, 11) is 0. The van der Waals surface area contributed by atoms with Crippen LogP contribution in [0, 0.1) is 6.92 Å². The van der Waals surface area contributed by atoms with Crippen LogP contribution in [0.1, 0.15) is 35.1 Å². The Hall–Kier alpha value is -1.67. The molecule has 1 aromatic heterocycles. The number of aromatic nitrogens is 1. The van der Waals surface area contributed by atoms with Gasteiger partial charge in [-0.3, -0.25) is 4.98 Å². The molecular weight excluding hydrogens is 232 g/mol. The zero-order chi connectivity index (χ0) is 13.1. The summed E-state index contributed by atoms with van der Waals surface area (Å²) in [5.41, 5.74) is 5.50. The van der Waals surface area contributed by atoms with Gasteiger partial charge in [0, 0.05) is 25.0 Å². The second kappa shape index (κ2) is 5.54. The molecule has 19 heavy (non-hydrogen) atoms. The van der Waals surface area contributed by atoms with Crippen molar-refractivity contribution in [3.63, 3.8) is 0 Å². The van der Waals surface area contributed by atoms with E-state index in [1.54, 1.807) is 0 Å². The Labute approximate surface area is 114 Å². The second-order valence-electron chi connectivity index (χ2n) is 5.45. The first-order valence-electron chi connectivity index (χ1n) is 7.02. The maximum atomic E-state index is 4.06. The van der Waals surface area contributed by atoms with Crippen molar-refractivity contribution in [1.29, 1.82) is 0 Å². The van der Waals surface area contributed by atoms with E-state index in [0.717, 1.165) is 19.0 Å². The van der Waals surface area contributed by atoms with Gasteiger partial charge in [-0.2, -0.15) is 0 Å². The van der Waals surface area contributed by atoms with Crippen molar-refractivity contribution in [2.45, 2.75) is 38.8 Å². The van der Waals surface area contributed by atoms with Gasteiger partial charge in [0.15, 0.2) is 0 Å². The summed E-state index contributed by atoms with van der Waals surface area (Å²) in [4.78, 5) is 4.06. The summed E-state index contributed by atoms with van der Waals surface area (Å²) >= 11 is 0. The van der Waals surface area contributed by atoms with Crippen LogP contribution in [0.4, 0.5) is 0 Å². The van der Waals surface area contributed by atoms with E-state index in [1.165, 1.54) is 35.1 Å². The molecule has 1 aliphatic carbocycles. The summed E-state index contributed by atoms with van der Waals surface area (Å²) in [6.07, 6.45) is 7.40. The van der Waals surface area contributed by atoms with E-state index in [9.17, 15) is 0 Å². The van der Waals surface area contributed by atoms with Crippen LogP contribution in [0.3, 0.4) is 0 Å². The summed E-state index contributed by atoms with van der Waals surface area (Å²) in [5, 5.41) is 3.56. The largest absolute Gasteiger partial charge is 0.310 e. The van der Waals surface area contributed by atoms with Crippen molar-refractivity contribution in [2.24, 2.45) is 0 Å². The molecule has 0 bridgehead atoms. The smallest absolute Gasteiger partial charge is 0.0270 e. The lowest BCUT2D eigenvalue weighted by Gasteiger charge is -2.09. The molecule has 0 aliphatic heterocycles. The zero-order valence-corrected chi connectivity index (χ0v) is 11.4. The molecule has 2 aromatic rings. The van der Waals surface area contributed by atoms with Crippen LogP contribution in [-0.2, 0) is 13.0 Å². The Kier molecular flexibility index (Phi) is 3.60. The van der Waals surface area contributed by atoms with Crippen LogP contribution in [-0.4, -0.2) is 11.0 Å². The highest BCUT2D eigenvalue weighted by Crippen LogP contribution is 2.20. The third kappa shape index (κ3) is 3.42. The average molecular weight is 252 g/mol. The minimum absolute atomic E-state index is 0.775. The quantitative estimate of drug-likeness (QED) is 0.883. The standard InChI is InChI=1S/C17H20N2/c1-13-10-15(12-19-17-4-5-17)2-3-16(13)11-14-6-8-18-9-7-14/h2-3,6-10,17,19H,4-5,11-12H2,1H3. The van der Waals surface area contributed by atoms with E-state index in [4.69, 9.17) is 0 Å². The number of nitrogens with one attached hydrogen (secondary N) is 1. The van der Waals surface area contributed by atoms with Crippen LogP contribution in [0.2, 0.25) is 0 Å². The van der Waals surface area contributed by atoms with E-state index in [0.29, 0.717) is 0 Å². The van der Waals surface area contributed by atoms with Crippen molar-refractivity contribution >= 4 is 0 Å². The lowest BCUT2D eigenvalue weighted by Crippen LogP contribution is -2.15. The molecule has 0 amide bonds. The SMILES string of the molecule is Cc1cc(CNC2CC2)ccc1Cc1ccncc1. The van der Waals surface area contributed by atoms with Crippen molar-refractivity contribution in [3.05, 3.63) is 65.0 Å². The molecular formula is C17H20N2. The highest BCUT2D eigenvalue weighted by Gasteiger charge is 2.19. The molecule has 98 valence electrons. The molecule has 1 aliphatic rings. The molecule has 1 saturated carbocycles. The summed E-state index contributed by atoms with van der Waals surface area (Å²) < 4.78 is 0. The number of hydrogen-bond acceptors (Lipinski definition) is 2. The van der Waals surface area contributed by atoms with Gasteiger partial charge in [-0.05, 0) is 60.6 Å². The number of hydrogen-bond donors (Lipinski definition) is 1. The Morgan fingerprint density at radius 1 is 1.11 bits per heavy atom. The molecule has 1 aromatic carbocycles. The fraction of sp³-hybridized carbons (Fsp3) is 0.353. The fourth-order valence-electron chi connectivity index (χ4n) is 2.34. The summed E-state index contributed by atoms with van der Waals surface area (Å²) in [6, 6.07) is 11.8. The number of nitrogens with zero attached hydrogens (tertiary/aromatic N) is 1. The predicted molar refractivity (Wildman–Crippen MR) is 78.1 cm³/mol. The highest BCUT2D eigenvalue weighted by molar-refractivity contribution is 5.34. The van der Waals surface area contributed by atoms with Gasteiger partial charge in [-0.15, -0.1) is 0 Å². The van der Waals surface area contributed by atoms with Gasteiger partial charge in [-0.1, -0.05) is 18.2 Å². The van der Waals surface area contributed by atoms with E-state index in [-0.39, 0.29) is 0 Å². The van der Waals surface area contributed by atoms with Crippen molar-refractivity contribution in [2.75, 3.05) is 0 Å². The molecule has 0 atom stereocenters. The van der Waals surface area contributed by atoms with E-state index >= 15 is 0 Å². The molecule has 0 spiro atoms. The summed E-state index contributed by atoms with van der Waals surface area (Å²) in [6.45, 7) is 3.21. The van der Waals surface area contributed by atoms with Crippen LogP contribution in [0.15, 0.2) is 42.7 Å². The second-order valence-corrected chi connectivity index (χ2v) is 5.45. The van der Waals surface area contributed by atoms with E-state index in [1.807, 2.05) is 12.4 Å². The van der Waals surface area contributed by atoms with E-state index in [2.05, 4.69) is 47.6 Å². The highest BCUT2D eigenvalue weighted by atomic mass is 14.9. The van der Waals surface area contributed by atoms with Gasteiger partial charge in [0.1, 0.15) is 0 Å². The zero-order valence-electron chi connectivity index (χ0n) is 11.4. The molecule has 2 heteroatoms. The third-order valence-electron chi connectivity index (χ3n) is 3.72. The first-order valence-corrected chi connectivity index (χ1v) is 7.02. The van der Waals surface area contributed by atoms with Gasteiger partial charge in [0.2, 0.25) is 0 Å². The lowest BCUT2D eigenvalue weighted by atomic mass is 9.99. The Balaban J connectivity index is 1.68. The maximum absolute atomic E-state index is 4.06. The monoisotopic (exact) mass is 252 g/mol. The number of pyridine rings is 1. The number of rotatable bonds is 5. The normalized spacial score (nSPS) is 14.6. The predicted octanol–water partition coefficient (Wildman–Crippen LogP) is 3.23. The topological polar surface area (TPSA) is 24.9 Å². The van der Waals surface area contributed by atoms with Gasteiger partial charge < -0.3 is 5.32 Å². The van der Waals surface area contributed by atoms with Gasteiger partial charge >= 0.3 is 0 Å². The molecule has 0 unspecified atom stereocenters. The molecule has 2 nitrogen and oxygen atoms in total. The van der Waals surface area contributed by atoms with Gasteiger partial charge in [0.05, 0.1) is 0 Å². The molecule has 1 heterocycles. The van der Waals surface area contributed by atoms with Gasteiger partial charge in [-0.25, -0.2) is 0 Å². The minimum atomic E-state index is 0.775. The summed E-state index contributed by atoms with van der Waals surface area (Å²) in [5.74, 6) is 0. The molecule has 1 fully saturated rings. The minimum Gasteiger partial charge on any atom is -0.310 e. The third-order valence-corrected chi connectivity index (χ3v) is 3.72. The van der Waals surface area contributed by atoms with Crippen molar-refractivity contribution < 1.29 is 0 Å². The van der Waals surface area contributed by atoms with Gasteiger partial charge in [0.25, 0.3) is 0 Å². The van der Waals surface area contributed by atoms with Crippen LogP contribution >= 0.6 is 0 Å². The molecule has 3 rings (SSSR count). The Morgan fingerprint density at radius 3 is 2.58 bits per heavy atom. The number of aryl methyl sites for hydroxylation is 1. The fourth-order valence-corrected chi connectivity index (χ4v) is 2.34. The first-order chi connectivity index (χ1) is 9.31. The van der Waals surface area contributed by atoms with Crippen molar-refractivity contribution in [1.82, 2.24) is 10.3 Å². The molecule has 0 radical (unpaired) electrons. The van der Waals surface area contributed by atoms with Crippen LogP contribution < -0.4 is 5.32 Å². The van der Waals surface area contributed by atoms with Crippen molar-refractivity contribution in [3.8, 4) is 0 Å². The Morgan fingerprint density at radius 2 is 1.89 bits per heavy atom. The number of benzene rings is 1. The van der Waals surface area contributed by atoms with Crippen LogP contribution in [0.5, 0.6) is 0 Å². The molecule has 0 saturated heterocycles. The average Bonchev–Trinajstić information content (AvgIpc) is 3.25.